The molecular weight excluding hydrogens is 325 g/mol. The molecule has 6 heteroatoms. The van der Waals surface area contributed by atoms with Gasteiger partial charge in [0.1, 0.15) is 6.29 Å². The molecule has 22 heavy (non-hydrogen) atoms. The topological polar surface area (TPSA) is 63.2 Å². The van der Waals surface area contributed by atoms with Crippen molar-refractivity contribution < 1.29 is 14.4 Å². The van der Waals surface area contributed by atoms with Gasteiger partial charge in [0.15, 0.2) is 5.78 Å². The van der Waals surface area contributed by atoms with Gasteiger partial charge in [-0.15, -0.1) is 0 Å². The lowest BCUT2D eigenvalue weighted by atomic mass is 10.0. The number of carbonyl (C=O) groups is 3. The third-order valence-electron chi connectivity index (χ3n) is 2.88. The number of rotatable bonds is 5. The molecule has 0 spiro atoms. The zero-order valence-corrected chi connectivity index (χ0v) is 12.8. The number of amides is 1. The van der Waals surface area contributed by atoms with Crippen LogP contribution in [0.4, 0.5) is 5.69 Å². The second-order valence-electron chi connectivity index (χ2n) is 4.43. The Hall–Kier alpha value is -2.17. The molecule has 0 aliphatic carbocycles. The number of nitrogens with one attached hydrogen (secondary N) is 1. The molecule has 0 bridgehead atoms. The fourth-order valence-electron chi connectivity index (χ4n) is 1.86. The van der Waals surface area contributed by atoms with Gasteiger partial charge in [0.25, 0.3) is 0 Å². The molecule has 0 aromatic heterocycles. The quantitative estimate of drug-likeness (QED) is 0.514. The molecule has 2 rings (SSSR count). The molecule has 0 aliphatic rings. The van der Waals surface area contributed by atoms with E-state index < -0.39 is 5.91 Å². The normalized spacial score (nSPS) is 10.1. The van der Waals surface area contributed by atoms with Gasteiger partial charge in [-0.25, -0.2) is 0 Å². The van der Waals surface area contributed by atoms with Gasteiger partial charge in [-0.3, -0.25) is 9.59 Å². The SMILES string of the molecule is O=CCC(=O)Nc1cc(Cl)c(Cl)cc1C(=O)c1ccccc1. The molecule has 0 heterocycles. The van der Waals surface area contributed by atoms with Gasteiger partial charge in [0.05, 0.1) is 22.2 Å². The molecule has 2 aromatic rings. The molecule has 2 aromatic carbocycles. The Kier molecular flexibility index (Phi) is 5.31. The number of aldehydes is 1. The lowest BCUT2D eigenvalue weighted by molar-refractivity contribution is -0.119. The number of hydrogen-bond acceptors (Lipinski definition) is 3. The van der Waals surface area contributed by atoms with Crippen molar-refractivity contribution >= 4 is 46.9 Å². The van der Waals surface area contributed by atoms with Crippen molar-refractivity contribution in [3.8, 4) is 0 Å². The monoisotopic (exact) mass is 335 g/mol. The van der Waals surface area contributed by atoms with Gasteiger partial charge >= 0.3 is 0 Å². The molecule has 112 valence electrons. The summed E-state index contributed by atoms with van der Waals surface area (Å²) in [7, 11) is 0. The van der Waals surface area contributed by atoms with Gasteiger partial charge < -0.3 is 10.1 Å². The van der Waals surface area contributed by atoms with E-state index >= 15 is 0 Å². The first-order chi connectivity index (χ1) is 10.5. The standard InChI is InChI=1S/C16H11Cl2NO3/c17-12-8-11(16(22)10-4-2-1-3-5-10)14(9-13(12)18)19-15(21)6-7-20/h1-5,7-9H,6H2,(H,19,21). The number of hydrogen-bond donors (Lipinski definition) is 1. The summed E-state index contributed by atoms with van der Waals surface area (Å²) >= 11 is 11.9. The fourth-order valence-corrected chi connectivity index (χ4v) is 2.19. The Labute approximate surface area is 137 Å². The van der Waals surface area contributed by atoms with Crippen molar-refractivity contribution in [3.05, 3.63) is 63.6 Å². The van der Waals surface area contributed by atoms with E-state index in [0.29, 0.717) is 11.8 Å². The van der Waals surface area contributed by atoms with Crippen molar-refractivity contribution in [2.75, 3.05) is 5.32 Å². The third kappa shape index (κ3) is 3.72. The molecule has 0 saturated carbocycles. The molecule has 0 fully saturated rings. The smallest absolute Gasteiger partial charge is 0.231 e. The van der Waals surface area contributed by atoms with Gasteiger partial charge in [-0.05, 0) is 12.1 Å². The van der Waals surface area contributed by atoms with Crippen LogP contribution < -0.4 is 5.32 Å². The van der Waals surface area contributed by atoms with Crippen LogP contribution in [0.5, 0.6) is 0 Å². The molecular formula is C16H11Cl2NO3. The molecule has 4 nitrogen and oxygen atoms in total. The number of benzene rings is 2. The van der Waals surface area contributed by atoms with Crippen molar-refractivity contribution in [1.82, 2.24) is 0 Å². The second kappa shape index (κ2) is 7.20. The van der Waals surface area contributed by atoms with Crippen LogP contribution in [0.2, 0.25) is 10.0 Å². The summed E-state index contributed by atoms with van der Waals surface area (Å²) in [6, 6.07) is 11.4. The van der Waals surface area contributed by atoms with E-state index in [2.05, 4.69) is 5.32 Å². The zero-order valence-electron chi connectivity index (χ0n) is 11.3. The van der Waals surface area contributed by atoms with E-state index in [1.807, 2.05) is 0 Å². The van der Waals surface area contributed by atoms with Crippen LogP contribution in [0.25, 0.3) is 0 Å². The second-order valence-corrected chi connectivity index (χ2v) is 5.24. The first-order valence-electron chi connectivity index (χ1n) is 6.35. The predicted molar refractivity (Wildman–Crippen MR) is 85.6 cm³/mol. The Morgan fingerprint density at radius 2 is 1.68 bits per heavy atom. The highest BCUT2D eigenvalue weighted by molar-refractivity contribution is 6.42. The van der Waals surface area contributed by atoms with Crippen molar-refractivity contribution in [2.24, 2.45) is 0 Å². The maximum atomic E-state index is 12.5. The van der Waals surface area contributed by atoms with E-state index in [1.54, 1.807) is 30.3 Å². The molecule has 0 radical (unpaired) electrons. The van der Waals surface area contributed by atoms with E-state index in [4.69, 9.17) is 23.2 Å². The number of carbonyl (C=O) groups excluding carboxylic acids is 3. The summed E-state index contributed by atoms with van der Waals surface area (Å²) in [4.78, 5) is 34.5. The fraction of sp³-hybridized carbons (Fsp3) is 0.0625. The Balaban J connectivity index is 2.45. The summed E-state index contributed by atoms with van der Waals surface area (Å²) < 4.78 is 0. The van der Waals surface area contributed by atoms with Gasteiger partial charge in [0.2, 0.25) is 5.91 Å². The zero-order chi connectivity index (χ0) is 16.1. The maximum absolute atomic E-state index is 12.5. The van der Waals surface area contributed by atoms with Crippen molar-refractivity contribution in [2.45, 2.75) is 6.42 Å². The largest absolute Gasteiger partial charge is 0.325 e. The predicted octanol–water partition coefficient (Wildman–Crippen LogP) is 3.75. The molecule has 0 atom stereocenters. The lowest BCUT2D eigenvalue weighted by Gasteiger charge is -2.11. The number of anilines is 1. The Morgan fingerprint density at radius 3 is 2.32 bits per heavy atom. The third-order valence-corrected chi connectivity index (χ3v) is 3.61. The molecule has 0 unspecified atom stereocenters. The van der Waals surface area contributed by atoms with Crippen molar-refractivity contribution in [1.29, 1.82) is 0 Å². The van der Waals surface area contributed by atoms with Gasteiger partial charge in [0, 0.05) is 11.1 Å². The first-order valence-corrected chi connectivity index (χ1v) is 7.11. The summed E-state index contributed by atoms with van der Waals surface area (Å²) in [5.74, 6) is -0.837. The Morgan fingerprint density at radius 1 is 1.05 bits per heavy atom. The van der Waals surface area contributed by atoms with Crippen LogP contribution in [-0.2, 0) is 9.59 Å². The lowest BCUT2D eigenvalue weighted by Crippen LogP contribution is -2.15. The molecule has 1 amide bonds. The van der Waals surface area contributed by atoms with E-state index in [1.165, 1.54) is 12.1 Å². The average molecular weight is 336 g/mol. The highest BCUT2D eigenvalue weighted by atomic mass is 35.5. The molecule has 0 saturated heterocycles. The molecule has 1 N–H and O–H groups in total. The summed E-state index contributed by atoms with van der Waals surface area (Å²) in [5.41, 5.74) is 0.877. The highest BCUT2D eigenvalue weighted by Gasteiger charge is 2.17. The minimum absolute atomic E-state index is 0.202. The van der Waals surface area contributed by atoms with Crippen LogP contribution >= 0.6 is 23.2 Å². The van der Waals surface area contributed by atoms with Crippen LogP contribution in [-0.4, -0.2) is 18.0 Å². The summed E-state index contributed by atoms with van der Waals surface area (Å²) in [5, 5.41) is 2.90. The van der Waals surface area contributed by atoms with Crippen LogP contribution in [0.3, 0.4) is 0 Å². The number of halogens is 2. The van der Waals surface area contributed by atoms with E-state index in [0.717, 1.165) is 0 Å². The van der Waals surface area contributed by atoms with Gasteiger partial charge in [-0.1, -0.05) is 53.5 Å². The number of ketones is 1. The van der Waals surface area contributed by atoms with Crippen molar-refractivity contribution in [3.63, 3.8) is 0 Å². The average Bonchev–Trinajstić information content (AvgIpc) is 2.51. The first kappa shape index (κ1) is 16.2. The van der Waals surface area contributed by atoms with E-state index in [9.17, 15) is 14.4 Å². The van der Waals surface area contributed by atoms with Crippen LogP contribution in [0.15, 0.2) is 42.5 Å². The van der Waals surface area contributed by atoms with Gasteiger partial charge in [-0.2, -0.15) is 0 Å². The molecule has 0 aliphatic heterocycles. The van der Waals surface area contributed by atoms with Crippen LogP contribution in [0, 0.1) is 0 Å². The van der Waals surface area contributed by atoms with Crippen LogP contribution in [0.1, 0.15) is 22.3 Å². The summed E-state index contributed by atoms with van der Waals surface area (Å²) in [6.07, 6.45) is 0.171. The minimum Gasteiger partial charge on any atom is -0.325 e. The Bertz CT molecular complexity index is 730. The minimum atomic E-state index is -0.532. The maximum Gasteiger partial charge on any atom is 0.231 e. The van der Waals surface area contributed by atoms with E-state index in [-0.39, 0.29) is 33.5 Å². The highest BCUT2D eigenvalue weighted by Crippen LogP contribution is 2.30. The summed E-state index contributed by atoms with van der Waals surface area (Å²) in [6.45, 7) is 0.